The number of aliphatic hydroxyl groups excluding tert-OH is 2. The van der Waals surface area contributed by atoms with Crippen molar-refractivity contribution in [3.63, 3.8) is 0 Å². The smallest absolute Gasteiger partial charge is 0.295 e. The van der Waals surface area contributed by atoms with E-state index in [1.807, 2.05) is 0 Å². The standard InChI is InChI=1S/C7H12O6/c1-7(11)4(2-8)13-6(5(7)10)12-3-9/h3-6,8,10-11H,2H2,1H3/t4-,5+,6?,7-/m1/s1. The Kier molecular flexibility index (Phi) is 2.87. The molecule has 1 unspecified atom stereocenters. The minimum absolute atomic E-state index is 0.115. The summed E-state index contributed by atoms with van der Waals surface area (Å²) in [5.74, 6) is 0. The minimum Gasteiger partial charge on any atom is -0.435 e. The number of carbonyl (C=O) groups is 1. The Morgan fingerprint density at radius 1 is 1.69 bits per heavy atom. The van der Waals surface area contributed by atoms with E-state index in [0.717, 1.165) is 0 Å². The maximum Gasteiger partial charge on any atom is 0.295 e. The van der Waals surface area contributed by atoms with E-state index in [0.29, 0.717) is 0 Å². The van der Waals surface area contributed by atoms with Crippen LogP contribution < -0.4 is 0 Å². The lowest BCUT2D eigenvalue weighted by Gasteiger charge is -2.24. The molecule has 1 saturated heterocycles. The molecule has 0 aromatic rings. The van der Waals surface area contributed by atoms with Crippen molar-refractivity contribution in [2.75, 3.05) is 6.61 Å². The first kappa shape index (κ1) is 10.4. The lowest BCUT2D eigenvalue weighted by Crippen LogP contribution is -2.46. The molecule has 0 radical (unpaired) electrons. The molecule has 0 bridgehead atoms. The van der Waals surface area contributed by atoms with E-state index < -0.39 is 30.7 Å². The van der Waals surface area contributed by atoms with Crippen molar-refractivity contribution in [2.45, 2.75) is 31.0 Å². The van der Waals surface area contributed by atoms with Crippen LogP contribution in [0.5, 0.6) is 0 Å². The third kappa shape index (κ3) is 1.66. The lowest BCUT2D eigenvalue weighted by molar-refractivity contribution is -0.176. The van der Waals surface area contributed by atoms with Gasteiger partial charge in [-0.15, -0.1) is 0 Å². The number of hydrogen-bond acceptors (Lipinski definition) is 6. The topological polar surface area (TPSA) is 96.2 Å². The SMILES string of the molecule is C[C@@]1(O)[C@@H](CO)OC(OC=O)[C@@H]1O. The summed E-state index contributed by atoms with van der Waals surface area (Å²) in [6.45, 7) is 0.958. The Hall–Kier alpha value is -0.690. The average Bonchev–Trinajstić information content (AvgIpc) is 2.29. The number of ether oxygens (including phenoxy) is 2. The van der Waals surface area contributed by atoms with Crippen LogP contribution in [0.4, 0.5) is 0 Å². The second-order valence-electron chi connectivity index (χ2n) is 3.08. The molecule has 1 heterocycles. The van der Waals surface area contributed by atoms with E-state index in [-0.39, 0.29) is 6.47 Å². The van der Waals surface area contributed by atoms with Crippen molar-refractivity contribution >= 4 is 6.47 Å². The van der Waals surface area contributed by atoms with E-state index in [1.54, 1.807) is 0 Å². The van der Waals surface area contributed by atoms with Crippen molar-refractivity contribution in [1.82, 2.24) is 0 Å². The molecule has 76 valence electrons. The summed E-state index contributed by atoms with van der Waals surface area (Å²) in [4.78, 5) is 9.95. The predicted molar refractivity (Wildman–Crippen MR) is 39.5 cm³/mol. The Balaban J connectivity index is 2.71. The number of carbonyl (C=O) groups excluding carboxylic acids is 1. The molecule has 1 rings (SSSR count). The van der Waals surface area contributed by atoms with E-state index >= 15 is 0 Å². The summed E-state index contributed by atoms with van der Waals surface area (Å²) >= 11 is 0. The second kappa shape index (κ2) is 3.59. The first-order valence-corrected chi connectivity index (χ1v) is 3.80. The summed E-state index contributed by atoms with van der Waals surface area (Å²) in [6, 6.07) is 0. The molecule has 1 aliphatic heterocycles. The quantitative estimate of drug-likeness (QED) is 0.447. The van der Waals surface area contributed by atoms with E-state index in [9.17, 15) is 15.0 Å². The molecule has 4 atom stereocenters. The summed E-state index contributed by atoms with van der Waals surface area (Å²) in [5, 5.41) is 27.7. The van der Waals surface area contributed by atoms with Gasteiger partial charge in [-0.05, 0) is 6.92 Å². The Morgan fingerprint density at radius 2 is 2.31 bits per heavy atom. The van der Waals surface area contributed by atoms with Gasteiger partial charge in [-0.2, -0.15) is 0 Å². The molecule has 0 amide bonds. The third-order valence-electron chi connectivity index (χ3n) is 2.16. The third-order valence-corrected chi connectivity index (χ3v) is 2.16. The van der Waals surface area contributed by atoms with Crippen LogP contribution in [0.25, 0.3) is 0 Å². The zero-order chi connectivity index (χ0) is 10.1. The van der Waals surface area contributed by atoms with Crippen LogP contribution in [0.1, 0.15) is 6.92 Å². The van der Waals surface area contributed by atoms with Gasteiger partial charge in [0, 0.05) is 0 Å². The van der Waals surface area contributed by atoms with Gasteiger partial charge in [-0.1, -0.05) is 0 Å². The summed E-state index contributed by atoms with van der Waals surface area (Å²) in [7, 11) is 0. The molecular formula is C7H12O6. The van der Waals surface area contributed by atoms with Crippen molar-refractivity contribution in [1.29, 1.82) is 0 Å². The van der Waals surface area contributed by atoms with Crippen LogP contribution >= 0.6 is 0 Å². The highest BCUT2D eigenvalue weighted by Gasteiger charge is 2.53. The average molecular weight is 192 g/mol. The molecule has 0 spiro atoms. The fourth-order valence-electron chi connectivity index (χ4n) is 1.23. The fraction of sp³-hybridized carbons (Fsp3) is 0.857. The zero-order valence-electron chi connectivity index (χ0n) is 7.08. The molecule has 13 heavy (non-hydrogen) atoms. The van der Waals surface area contributed by atoms with Gasteiger partial charge in [0.15, 0.2) is 0 Å². The molecule has 6 nitrogen and oxygen atoms in total. The largest absolute Gasteiger partial charge is 0.435 e. The molecular weight excluding hydrogens is 180 g/mol. The van der Waals surface area contributed by atoms with Crippen LogP contribution in [0, 0.1) is 0 Å². The predicted octanol–water partition coefficient (Wildman–Crippen LogP) is -2.01. The molecule has 0 aromatic carbocycles. The molecule has 0 aliphatic carbocycles. The highest BCUT2D eigenvalue weighted by Crippen LogP contribution is 2.30. The Bertz CT molecular complexity index is 191. The second-order valence-corrected chi connectivity index (χ2v) is 3.08. The minimum atomic E-state index is -1.61. The first-order chi connectivity index (χ1) is 6.04. The lowest BCUT2D eigenvalue weighted by atomic mass is 9.96. The molecule has 0 saturated carbocycles. The van der Waals surface area contributed by atoms with Gasteiger partial charge >= 0.3 is 0 Å². The van der Waals surface area contributed by atoms with Crippen molar-refractivity contribution in [3.05, 3.63) is 0 Å². The molecule has 1 aliphatic rings. The number of hydrogen-bond donors (Lipinski definition) is 3. The monoisotopic (exact) mass is 192 g/mol. The van der Waals surface area contributed by atoms with Crippen LogP contribution in [-0.2, 0) is 14.3 Å². The highest BCUT2D eigenvalue weighted by atomic mass is 16.7. The number of rotatable bonds is 3. The highest BCUT2D eigenvalue weighted by molar-refractivity contribution is 5.37. The Morgan fingerprint density at radius 3 is 2.69 bits per heavy atom. The van der Waals surface area contributed by atoms with Crippen molar-refractivity contribution in [3.8, 4) is 0 Å². The van der Waals surface area contributed by atoms with Crippen LogP contribution in [0.3, 0.4) is 0 Å². The summed E-state index contributed by atoms with van der Waals surface area (Å²) in [6.07, 6.45) is -3.52. The maximum atomic E-state index is 9.95. The van der Waals surface area contributed by atoms with Gasteiger partial charge in [0.2, 0.25) is 6.29 Å². The van der Waals surface area contributed by atoms with Gasteiger partial charge < -0.3 is 24.8 Å². The van der Waals surface area contributed by atoms with Gasteiger partial charge in [-0.25, -0.2) is 0 Å². The molecule has 6 heteroatoms. The van der Waals surface area contributed by atoms with Crippen LogP contribution in [0.15, 0.2) is 0 Å². The molecule has 3 N–H and O–H groups in total. The molecule has 0 aromatic heterocycles. The normalized spacial score (nSPS) is 44.8. The summed E-state index contributed by atoms with van der Waals surface area (Å²) in [5.41, 5.74) is -1.61. The van der Waals surface area contributed by atoms with Crippen LogP contribution in [0.2, 0.25) is 0 Å². The number of aliphatic hydroxyl groups is 3. The van der Waals surface area contributed by atoms with Gasteiger partial charge in [0.1, 0.15) is 17.8 Å². The van der Waals surface area contributed by atoms with Gasteiger partial charge in [0.25, 0.3) is 6.47 Å². The van der Waals surface area contributed by atoms with E-state index in [2.05, 4.69) is 4.74 Å². The Labute approximate surface area is 74.7 Å². The van der Waals surface area contributed by atoms with Gasteiger partial charge in [0.05, 0.1) is 6.61 Å². The zero-order valence-corrected chi connectivity index (χ0v) is 7.08. The summed E-state index contributed by atoms with van der Waals surface area (Å²) < 4.78 is 9.23. The van der Waals surface area contributed by atoms with Crippen molar-refractivity contribution < 1.29 is 29.6 Å². The fourth-order valence-corrected chi connectivity index (χ4v) is 1.23. The van der Waals surface area contributed by atoms with E-state index in [1.165, 1.54) is 6.92 Å². The van der Waals surface area contributed by atoms with Crippen molar-refractivity contribution in [2.24, 2.45) is 0 Å². The van der Waals surface area contributed by atoms with Crippen LogP contribution in [-0.4, -0.2) is 52.5 Å². The first-order valence-electron chi connectivity index (χ1n) is 3.80. The maximum absolute atomic E-state index is 9.95. The van der Waals surface area contributed by atoms with E-state index in [4.69, 9.17) is 9.84 Å². The molecule has 1 fully saturated rings. The van der Waals surface area contributed by atoms with Gasteiger partial charge in [-0.3, -0.25) is 4.79 Å².